The van der Waals surface area contributed by atoms with E-state index in [1.54, 1.807) is 6.92 Å². The first kappa shape index (κ1) is 35.5. The predicted molar refractivity (Wildman–Crippen MR) is 160 cm³/mol. The summed E-state index contributed by atoms with van der Waals surface area (Å²) in [5.74, 6) is -3.73. The summed E-state index contributed by atoms with van der Waals surface area (Å²) in [6.45, 7) is 7.32. The Hall–Kier alpha value is -5.32. The van der Waals surface area contributed by atoms with Crippen molar-refractivity contribution in [3.63, 3.8) is 0 Å². The van der Waals surface area contributed by atoms with Crippen molar-refractivity contribution >= 4 is 35.9 Å². The minimum Gasteiger partial charge on any atom is -0.463 e. The molecule has 3 heterocycles. The van der Waals surface area contributed by atoms with Crippen LogP contribution in [0.4, 0.5) is 4.79 Å². The Bertz CT molecular complexity index is 1590. The van der Waals surface area contributed by atoms with Gasteiger partial charge in [-0.3, -0.25) is 19.2 Å². The van der Waals surface area contributed by atoms with Crippen molar-refractivity contribution < 1.29 is 57.2 Å². The van der Waals surface area contributed by atoms with E-state index in [-0.39, 0.29) is 17.9 Å². The van der Waals surface area contributed by atoms with Gasteiger partial charge in [0.05, 0.1) is 17.8 Å². The van der Waals surface area contributed by atoms with Crippen LogP contribution in [0.2, 0.25) is 0 Å². The highest BCUT2D eigenvalue weighted by molar-refractivity contribution is 5.95. The molecule has 17 nitrogen and oxygen atoms in total. The van der Waals surface area contributed by atoms with Crippen LogP contribution in [-0.2, 0) is 65.4 Å². The molecular formula is C31H37N5O12. The molecule has 1 unspecified atom stereocenters. The molecule has 2 aromatic rings. The molecule has 2 aliphatic heterocycles. The number of allylic oxidation sites excluding steroid dienone is 1. The summed E-state index contributed by atoms with van der Waals surface area (Å²) in [7, 11) is 0. The van der Waals surface area contributed by atoms with Gasteiger partial charge in [-0.2, -0.15) is 0 Å². The second kappa shape index (κ2) is 15.5. The van der Waals surface area contributed by atoms with E-state index in [2.05, 4.69) is 20.9 Å². The molecule has 0 aliphatic carbocycles. The fraction of sp³-hybridized carbons (Fsp3) is 0.484. The first-order valence-corrected chi connectivity index (χ1v) is 15.0. The molecule has 1 aromatic carbocycles. The smallest absolute Gasteiger partial charge is 0.338 e. The lowest BCUT2D eigenvalue weighted by molar-refractivity contribution is -0.270. The molecule has 0 saturated carbocycles. The van der Waals surface area contributed by atoms with E-state index in [4.69, 9.17) is 28.4 Å². The highest BCUT2D eigenvalue weighted by Gasteiger charge is 2.53. The number of benzene rings is 1. The monoisotopic (exact) mass is 671 g/mol. The first-order chi connectivity index (χ1) is 22.8. The molecular weight excluding hydrogens is 634 g/mol. The van der Waals surface area contributed by atoms with Gasteiger partial charge in [0.15, 0.2) is 24.5 Å². The molecule has 0 radical (unpaired) electrons. The van der Waals surface area contributed by atoms with E-state index < -0.39 is 79.2 Å². The molecule has 1 fully saturated rings. The van der Waals surface area contributed by atoms with E-state index in [9.17, 15) is 28.8 Å². The maximum absolute atomic E-state index is 13.4. The number of hydrogen-bond donors (Lipinski definition) is 2. The molecule has 2 aliphatic rings. The van der Waals surface area contributed by atoms with Gasteiger partial charge in [0.2, 0.25) is 0 Å². The highest BCUT2D eigenvalue weighted by atomic mass is 16.7. The van der Waals surface area contributed by atoms with Crippen LogP contribution in [0.1, 0.15) is 70.6 Å². The summed E-state index contributed by atoms with van der Waals surface area (Å²) in [4.78, 5) is 73.5. The number of nitrogens with one attached hydrogen (secondary N) is 2. The number of aromatic nitrogens is 3. The molecule has 1 saturated heterocycles. The van der Waals surface area contributed by atoms with Crippen molar-refractivity contribution in [1.82, 2.24) is 25.6 Å². The number of ether oxygens (including phenoxy) is 6. The average Bonchev–Trinajstić information content (AvgIpc) is 3.48. The number of amides is 2. The number of carbonyl (C=O) groups is 6. The normalized spacial score (nSPS) is 23.7. The van der Waals surface area contributed by atoms with Crippen molar-refractivity contribution in [2.75, 3.05) is 6.61 Å². The molecule has 258 valence electrons. The molecule has 0 bridgehead atoms. The van der Waals surface area contributed by atoms with Gasteiger partial charge in [-0.15, -0.1) is 5.10 Å². The fourth-order valence-corrected chi connectivity index (χ4v) is 5.30. The number of nitrogens with zero attached hydrogens (tertiary/aromatic N) is 3. The minimum atomic E-state index is -1.41. The molecule has 48 heavy (non-hydrogen) atoms. The molecule has 1 aromatic heterocycles. The maximum Gasteiger partial charge on any atom is 0.338 e. The van der Waals surface area contributed by atoms with Crippen molar-refractivity contribution in [1.29, 1.82) is 0 Å². The zero-order valence-corrected chi connectivity index (χ0v) is 27.2. The van der Waals surface area contributed by atoms with Crippen LogP contribution < -0.4 is 10.6 Å². The van der Waals surface area contributed by atoms with Gasteiger partial charge in [-0.1, -0.05) is 36.4 Å². The Morgan fingerprint density at radius 2 is 1.50 bits per heavy atom. The molecule has 17 heteroatoms. The summed E-state index contributed by atoms with van der Waals surface area (Å²) < 4.78 is 34.2. The Labute approximate surface area is 275 Å². The number of hydrogen-bond acceptors (Lipinski definition) is 14. The van der Waals surface area contributed by atoms with Gasteiger partial charge in [-0.25, -0.2) is 14.3 Å². The molecule has 2 amide bonds. The molecule has 2 N–H and O–H groups in total. The van der Waals surface area contributed by atoms with Crippen LogP contribution in [0, 0.1) is 0 Å². The lowest BCUT2D eigenvalue weighted by atomic mass is 9.94. The van der Waals surface area contributed by atoms with Crippen molar-refractivity contribution in [3.05, 3.63) is 58.6 Å². The van der Waals surface area contributed by atoms with E-state index in [0.29, 0.717) is 11.3 Å². The second-order valence-corrected chi connectivity index (χ2v) is 11.0. The van der Waals surface area contributed by atoms with Gasteiger partial charge in [0, 0.05) is 33.4 Å². The Morgan fingerprint density at radius 3 is 2.10 bits per heavy atom. The zero-order chi connectivity index (χ0) is 35.1. The van der Waals surface area contributed by atoms with Crippen LogP contribution >= 0.6 is 0 Å². The summed E-state index contributed by atoms with van der Waals surface area (Å²) >= 11 is 0. The quantitative estimate of drug-likeness (QED) is 0.256. The highest BCUT2D eigenvalue weighted by Crippen LogP contribution is 2.35. The van der Waals surface area contributed by atoms with Crippen LogP contribution in [0.15, 0.2) is 41.7 Å². The van der Waals surface area contributed by atoms with E-state index in [0.717, 1.165) is 44.4 Å². The molecule has 0 spiro atoms. The third-order valence-electron chi connectivity index (χ3n) is 7.35. The third kappa shape index (κ3) is 8.72. The van der Waals surface area contributed by atoms with Crippen molar-refractivity contribution in [2.45, 2.75) is 91.3 Å². The number of carbonyl (C=O) groups excluding carboxylic acids is 6. The van der Waals surface area contributed by atoms with Crippen LogP contribution in [0.5, 0.6) is 0 Å². The van der Waals surface area contributed by atoms with E-state index in [1.807, 2.05) is 31.2 Å². The zero-order valence-electron chi connectivity index (χ0n) is 27.2. The number of rotatable bonds is 11. The Kier molecular flexibility index (Phi) is 11.5. The lowest BCUT2D eigenvalue weighted by Gasteiger charge is -2.44. The Balaban J connectivity index is 1.59. The standard InChI is InChI=1S/C31H37N5O12/c1-7-20-8-10-21(11-9-20)25-24(15(2)32-31(42)33-25)30(41)44-13-22-12-36(35-34-22)29-28(47-19(6)40)27(46-18(5)39)26(45-17(4)38)23(48-29)14-43-16(3)37/h8-12,23,25-29H,7,13-14H2,1-6H3,(H2,32,33,42)/t23-,25?,26-,27+,28-,29-/m1/s1. The van der Waals surface area contributed by atoms with E-state index >= 15 is 0 Å². The summed E-state index contributed by atoms with van der Waals surface area (Å²) in [6.07, 6.45) is -4.53. The van der Waals surface area contributed by atoms with E-state index in [1.165, 1.54) is 6.20 Å². The summed E-state index contributed by atoms with van der Waals surface area (Å²) in [6, 6.07) is 6.23. The summed E-state index contributed by atoms with van der Waals surface area (Å²) in [5, 5.41) is 13.4. The lowest BCUT2D eigenvalue weighted by Crippen LogP contribution is -2.60. The van der Waals surface area contributed by atoms with Crippen LogP contribution in [-0.4, -0.2) is 81.9 Å². The van der Waals surface area contributed by atoms with Crippen molar-refractivity contribution in [3.8, 4) is 0 Å². The van der Waals surface area contributed by atoms with Gasteiger partial charge in [0.1, 0.15) is 25.0 Å². The second-order valence-electron chi connectivity index (χ2n) is 11.0. The van der Waals surface area contributed by atoms with Gasteiger partial charge in [-0.05, 0) is 24.5 Å². The topological polar surface area (TPSA) is 213 Å². The van der Waals surface area contributed by atoms with Gasteiger partial charge in [0.25, 0.3) is 0 Å². The number of aryl methyl sites for hydroxylation is 1. The summed E-state index contributed by atoms with van der Waals surface area (Å²) in [5.41, 5.74) is 2.41. The maximum atomic E-state index is 13.4. The molecule has 6 atom stereocenters. The average molecular weight is 672 g/mol. The molecule has 4 rings (SSSR count). The Morgan fingerprint density at radius 1 is 0.875 bits per heavy atom. The number of urea groups is 1. The van der Waals surface area contributed by atoms with Gasteiger partial charge < -0.3 is 39.1 Å². The third-order valence-corrected chi connectivity index (χ3v) is 7.35. The SMILES string of the molecule is CCc1ccc(C2NC(=O)NC(C)=C2C(=O)OCc2cn([C@@H]3O[C@H](COC(C)=O)[C@@H](OC(C)=O)[C@H](OC(C)=O)[C@H]3OC(C)=O)nn2)cc1. The first-order valence-electron chi connectivity index (χ1n) is 15.0. The van der Waals surface area contributed by atoms with Crippen LogP contribution in [0.25, 0.3) is 0 Å². The van der Waals surface area contributed by atoms with Crippen molar-refractivity contribution in [2.24, 2.45) is 0 Å². The van der Waals surface area contributed by atoms with Crippen LogP contribution in [0.3, 0.4) is 0 Å². The van der Waals surface area contributed by atoms with Gasteiger partial charge >= 0.3 is 35.9 Å². The predicted octanol–water partition coefficient (Wildman–Crippen LogP) is 1.47. The largest absolute Gasteiger partial charge is 0.463 e. The fourth-order valence-electron chi connectivity index (χ4n) is 5.30. The minimum absolute atomic E-state index is 0.145. The number of esters is 5.